The topological polar surface area (TPSA) is 68.5 Å². The number of hydrogen-bond donors (Lipinski definition) is 1. The van der Waals surface area contributed by atoms with Crippen molar-refractivity contribution in [1.82, 2.24) is 5.32 Å². The maximum Gasteiger partial charge on any atom is 0.306 e. The number of amides is 1. The quantitative estimate of drug-likeness (QED) is 0.739. The zero-order chi connectivity index (χ0) is 11.8. The molecule has 1 aromatic heterocycles. The van der Waals surface area contributed by atoms with Crippen molar-refractivity contribution in [1.29, 1.82) is 0 Å². The molecular weight excluding hydrogens is 210 g/mol. The molecule has 5 nitrogen and oxygen atoms in total. The SMILES string of the molecule is CCOC(=O)CCC(=O)NCc1ccoc1. The number of rotatable bonds is 6. The van der Waals surface area contributed by atoms with Crippen LogP contribution >= 0.6 is 0 Å². The first-order valence-electron chi connectivity index (χ1n) is 5.15. The van der Waals surface area contributed by atoms with Crippen molar-refractivity contribution >= 4 is 11.9 Å². The molecule has 0 atom stereocenters. The Morgan fingerprint density at radius 1 is 1.44 bits per heavy atom. The number of nitrogens with one attached hydrogen (secondary N) is 1. The van der Waals surface area contributed by atoms with Crippen LogP contribution < -0.4 is 5.32 Å². The summed E-state index contributed by atoms with van der Waals surface area (Å²) in [4.78, 5) is 22.3. The molecule has 0 saturated carbocycles. The second-order valence-electron chi connectivity index (χ2n) is 3.21. The van der Waals surface area contributed by atoms with Gasteiger partial charge in [-0.15, -0.1) is 0 Å². The van der Waals surface area contributed by atoms with Crippen molar-refractivity contribution in [2.45, 2.75) is 26.3 Å². The number of hydrogen-bond acceptors (Lipinski definition) is 4. The molecule has 0 fully saturated rings. The van der Waals surface area contributed by atoms with Gasteiger partial charge >= 0.3 is 5.97 Å². The number of carbonyl (C=O) groups excluding carboxylic acids is 2. The molecule has 0 unspecified atom stereocenters. The van der Waals surface area contributed by atoms with Crippen molar-refractivity contribution in [2.24, 2.45) is 0 Å². The van der Waals surface area contributed by atoms with Crippen LogP contribution in [0.25, 0.3) is 0 Å². The van der Waals surface area contributed by atoms with Crippen LogP contribution in [-0.2, 0) is 20.9 Å². The third-order valence-corrected chi connectivity index (χ3v) is 1.93. The fourth-order valence-electron chi connectivity index (χ4n) is 1.13. The summed E-state index contributed by atoms with van der Waals surface area (Å²) >= 11 is 0. The van der Waals surface area contributed by atoms with Gasteiger partial charge in [0, 0.05) is 18.5 Å². The van der Waals surface area contributed by atoms with Gasteiger partial charge < -0.3 is 14.5 Å². The van der Waals surface area contributed by atoms with Crippen LogP contribution in [0.2, 0.25) is 0 Å². The highest BCUT2D eigenvalue weighted by atomic mass is 16.5. The van der Waals surface area contributed by atoms with Crippen LogP contribution in [0.15, 0.2) is 23.0 Å². The molecule has 1 heterocycles. The van der Waals surface area contributed by atoms with Gasteiger partial charge in [0.1, 0.15) is 0 Å². The lowest BCUT2D eigenvalue weighted by Gasteiger charge is -2.03. The van der Waals surface area contributed by atoms with E-state index in [0.29, 0.717) is 13.2 Å². The van der Waals surface area contributed by atoms with Crippen LogP contribution in [0, 0.1) is 0 Å². The minimum atomic E-state index is -0.346. The average Bonchev–Trinajstić information content (AvgIpc) is 2.77. The summed E-state index contributed by atoms with van der Waals surface area (Å²) < 4.78 is 9.56. The summed E-state index contributed by atoms with van der Waals surface area (Å²) in [6, 6.07) is 1.77. The van der Waals surface area contributed by atoms with E-state index in [4.69, 9.17) is 9.15 Å². The van der Waals surface area contributed by atoms with Crippen molar-refractivity contribution in [3.63, 3.8) is 0 Å². The molecule has 0 aromatic carbocycles. The summed E-state index contributed by atoms with van der Waals surface area (Å²) in [5.41, 5.74) is 0.893. The molecule has 0 spiro atoms. The lowest BCUT2D eigenvalue weighted by molar-refractivity contribution is -0.144. The standard InChI is InChI=1S/C11H15NO4/c1-2-16-11(14)4-3-10(13)12-7-9-5-6-15-8-9/h5-6,8H,2-4,7H2,1H3,(H,12,13). The highest BCUT2D eigenvalue weighted by Crippen LogP contribution is 1.99. The Kier molecular flexibility index (Phi) is 5.11. The maximum absolute atomic E-state index is 11.3. The molecule has 1 rings (SSSR count). The largest absolute Gasteiger partial charge is 0.472 e. The summed E-state index contributed by atoms with van der Waals surface area (Å²) in [6.07, 6.45) is 3.37. The van der Waals surface area contributed by atoms with Gasteiger partial charge in [-0.25, -0.2) is 0 Å². The Morgan fingerprint density at radius 2 is 2.25 bits per heavy atom. The molecule has 0 radical (unpaired) electrons. The van der Waals surface area contributed by atoms with Gasteiger partial charge in [0.25, 0.3) is 0 Å². The Balaban J connectivity index is 2.14. The molecular formula is C11H15NO4. The molecule has 0 aliphatic heterocycles. The third kappa shape index (κ3) is 4.63. The lowest BCUT2D eigenvalue weighted by Crippen LogP contribution is -2.23. The van der Waals surface area contributed by atoms with E-state index in [1.165, 1.54) is 0 Å². The van der Waals surface area contributed by atoms with Gasteiger partial charge in [-0.3, -0.25) is 9.59 Å². The molecule has 0 aliphatic rings. The van der Waals surface area contributed by atoms with Crippen LogP contribution in [0.3, 0.4) is 0 Å². The Labute approximate surface area is 93.8 Å². The molecule has 16 heavy (non-hydrogen) atoms. The smallest absolute Gasteiger partial charge is 0.306 e. The fraction of sp³-hybridized carbons (Fsp3) is 0.455. The molecule has 88 valence electrons. The Morgan fingerprint density at radius 3 is 2.88 bits per heavy atom. The van der Waals surface area contributed by atoms with Gasteiger partial charge in [0.05, 0.1) is 25.6 Å². The first-order chi connectivity index (χ1) is 7.72. The van der Waals surface area contributed by atoms with Crippen molar-refractivity contribution in [2.75, 3.05) is 6.61 Å². The Bertz CT molecular complexity index is 332. The molecule has 1 aromatic rings. The van der Waals surface area contributed by atoms with Gasteiger partial charge in [0.15, 0.2) is 0 Å². The summed E-state index contributed by atoms with van der Waals surface area (Å²) in [5.74, 6) is -0.518. The molecule has 1 amide bonds. The number of esters is 1. The minimum absolute atomic E-state index is 0.116. The summed E-state index contributed by atoms with van der Waals surface area (Å²) in [6.45, 7) is 2.49. The van der Waals surface area contributed by atoms with E-state index >= 15 is 0 Å². The van der Waals surface area contributed by atoms with Gasteiger partial charge in [-0.1, -0.05) is 0 Å². The molecule has 0 aliphatic carbocycles. The van der Waals surface area contributed by atoms with Crippen molar-refractivity contribution < 1.29 is 18.7 Å². The number of furan rings is 1. The molecule has 5 heteroatoms. The Hall–Kier alpha value is -1.78. The fourth-order valence-corrected chi connectivity index (χ4v) is 1.13. The monoisotopic (exact) mass is 225 g/mol. The zero-order valence-corrected chi connectivity index (χ0v) is 9.19. The predicted molar refractivity (Wildman–Crippen MR) is 56.4 cm³/mol. The highest BCUT2D eigenvalue weighted by molar-refractivity contribution is 5.81. The second kappa shape index (κ2) is 6.66. The minimum Gasteiger partial charge on any atom is -0.472 e. The van der Waals surface area contributed by atoms with Crippen molar-refractivity contribution in [3.05, 3.63) is 24.2 Å². The lowest BCUT2D eigenvalue weighted by atomic mass is 10.3. The van der Waals surface area contributed by atoms with E-state index < -0.39 is 0 Å². The predicted octanol–water partition coefficient (Wildman–Crippen LogP) is 1.24. The van der Waals surface area contributed by atoms with Crippen LogP contribution in [0.4, 0.5) is 0 Å². The van der Waals surface area contributed by atoms with E-state index in [0.717, 1.165) is 5.56 Å². The summed E-state index contributed by atoms with van der Waals surface area (Å²) in [7, 11) is 0. The van der Waals surface area contributed by atoms with Crippen LogP contribution in [0.1, 0.15) is 25.3 Å². The highest BCUT2D eigenvalue weighted by Gasteiger charge is 2.07. The first-order valence-corrected chi connectivity index (χ1v) is 5.15. The summed E-state index contributed by atoms with van der Waals surface area (Å²) in [5, 5.41) is 2.68. The van der Waals surface area contributed by atoms with Gasteiger partial charge in [0.2, 0.25) is 5.91 Å². The van der Waals surface area contributed by atoms with E-state index in [2.05, 4.69) is 5.32 Å². The van der Waals surface area contributed by atoms with Gasteiger partial charge in [-0.05, 0) is 13.0 Å². The average molecular weight is 225 g/mol. The zero-order valence-electron chi connectivity index (χ0n) is 9.19. The second-order valence-corrected chi connectivity index (χ2v) is 3.21. The first kappa shape index (κ1) is 12.3. The van der Waals surface area contributed by atoms with Crippen molar-refractivity contribution in [3.8, 4) is 0 Å². The number of carbonyl (C=O) groups is 2. The van der Waals surface area contributed by atoms with E-state index in [9.17, 15) is 9.59 Å². The number of ether oxygens (including phenoxy) is 1. The van der Waals surface area contributed by atoms with Gasteiger partial charge in [-0.2, -0.15) is 0 Å². The molecule has 0 saturated heterocycles. The van der Waals surface area contributed by atoms with E-state index in [1.807, 2.05) is 0 Å². The van der Waals surface area contributed by atoms with E-state index in [-0.39, 0.29) is 24.7 Å². The molecule has 0 bridgehead atoms. The maximum atomic E-state index is 11.3. The van der Waals surface area contributed by atoms with E-state index in [1.54, 1.807) is 25.5 Å². The normalized spacial score (nSPS) is 9.81. The van der Waals surface area contributed by atoms with Crippen LogP contribution in [-0.4, -0.2) is 18.5 Å². The van der Waals surface area contributed by atoms with Crippen LogP contribution in [0.5, 0.6) is 0 Å². The molecule has 1 N–H and O–H groups in total. The third-order valence-electron chi connectivity index (χ3n) is 1.93.